The molecule has 0 saturated carbocycles. The highest BCUT2D eigenvalue weighted by Crippen LogP contribution is 2.38. The number of halogens is 2. The van der Waals surface area contributed by atoms with Crippen LogP contribution >= 0.6 is 27.5 Å². The van der Waals surface area contributed by atoms with Gasteiger partial charge in [-0.3, -0.25) is 14.9 Å². The summed E-state index contributed by atoms with van der Waals surface area (Å²) >= 11 is 9.22. The van der Waals surface area contributed by atoms with Crippen LogP contribution in [-0.4, -0.2) is 21.8 Å². The molecule has 0 aliphatic carbocycles. The van der Waals surface area contributed by atoms with Gasteiger partial charge in [0.25, 0.3) is 0 Å². The van der Waals surface area contributed by atoms with E-state index in [1.807, 2.05) is 6.92 Å². The van der Waals surface area contributed by atoms with Gasteiger partial charge in [0.1, 0.15) is 11.3 Å². The fourth-order valence-electron chi connectivity index (χ4n) is 3.07. The third kappa shape index (κ3) is 4.51. The molecule has 2 aromatic rings. The quantitative estimate of drug-likeness (QED) is 0.239. The van der Waals surface area contributed by atoms with E-state index in [-0.39, 0.29) is 16.6 Å². The number of nitrogen functional groups attached to an aromatic ring is 1. The Kier molecular flexibility index (Phi) is 7.15. The van der Waals surface area contributed by atoms with Crippen LogP contribution in [0.25, 0.3) is 0 Å². The molecule has 0 bridgehead atoms. The van der Waals surface area contributed by atoms with Crippen LogP contribution in [0, 0.1) is 16.0 Å². The summed E-state index contributed by atoms with van der Waals surface area (Å²) in [6, 6.07) is 8.10. The lowest BCUT2D eigenvalue weighted by molar-refractivity contribution is -0.384. The summed E-state index contributed by atoms with van der Waals surface area (Å²) in [5, 5.41) is 21.6. The molecule has 0 amide bonds. The molecular formula is C19H18BrClN2O5. The molecule has 9 heteroatoms. The number of hydrogen-bond acceptors (Lipinski definition) is 5. The second-order valence-corrected chi connectivity index (χ2v) is 7.51. The first-order valence-electron chi connectivity index (χ1n) is 8.46. The van der Waals surface area contributed by atoms with Crippen molar-refractivity contribution in [2.75, 3.05) is 5.73 Å². The SMILES string of the molecule is CCCC(Cc1ccccc1Cl)C(=O)c1c(C(=O)O)cc(Br)c(N)c1[N+](=O)[O-]. The van der Waals surface area contributed by atoms with Crippen molar-refractivity contribution in [1.82, 2.24) is 0 Å². The summed E-state index contributed by atoms with van der Waals surface area (Å²) < 4.78 is 0.0475. The third-order valence-electron chi connectivity index (χ3n) is 4.38. The van der Waals surface area contributed by atoms with E-state index in [1.54, 1.807) is 24.3 Å². The average Bonchev–Trinajstić information content (AvgIpc) is 2.63. The van der Waals surface area contributed by atoms with Crippen LogP contribution < -0.4 is 5.73 Å². The summed E-state index contributed by atoms with van der Waals surface area (Å²) in [4.78, 5) is 35.8. The van der Waals surface area contributed by atoms with Crippen molar-refractivity contribution in [3.05, 3.63) is 66.6 Å². The molecule has 0 heterocycles. The maximum atomic E-state index is 13.3. The summed E-state index contributed by atoms with van der Waals surface area (Å²) in [7, 11) is 0. The number of carbonyl (C=O) groups excluding carboxylic acids is 1. The molecule has 2 rings (SSSR count). The van der Waals surface area contributed by atoms with Crippen molar-refractivity contribution in [3.8, 4) is 0 Å². The summed E-state index contributed by atoms with van der Waals surface area (Å²) in [5.74, 6) is -2.76. The van der Waals surface area contributed by atoms with E-state index in [2.05, 4.69) is 15.9 Å². The molecule has 2 aromatic carbocycles. The third-order valence-corrected chi connectivity index (χ3v) is 5.41. The van der Waals surface area contributed by atoms with Gasteiger partial charge in [0.2, 0.25) is 0 Å². The van der Waals surface area contributed by atoms with Crippen LogP contribution in [0.2, 0.25) is 5.02 Å². The first kappa shape index (κ1) is 21.8. The van der Waals surface area contributed by atoms with Gasteiger partial charge in [0.05, 0.1) is 10.5 Å². The van der Waals surface area contributed by atoms with Gasteiger partial charge in [-0.05, 0) is 46.5 Å². The van der Waals surface area contributed by atoms with Crippen LogP contribution in [0.15, 0.2) is 34.8 Å². The van der Waals surface area contributed by atoms with Gasteiger partial charge in [-0.1, -0.05) is 43.1 Å². The average molecular weight is 470 g/mol. The van der Waals surface area contributed by atoms with Crippen LogP contribution in [0.1, 0.15) is 46.0 Å². The monoisotopic (exact) mass is 468 g/mol. The number of nitro groups is 1. The van der Waals surface area contributed by atoms with E-state index in [0.29, 0.717) is 23.4 Å². The minimum atomic E-state index is -1.44. The van der Waals surface area contributed by atoms with Gasteiger partial charge in [-0.2, -0.15) is 0 Å². The normalized spacial score (nSPS) is 11.8. The lowest BCUT2D eigenvalue weighted by Crippen LogP contribution is -2.22. The number of benzene rings is 2. The zero-order chi connectivity index (χ0) is 21.0. The maximum Gasteiger partial charge on any atom is 0.336 e. The molecule has 148 valence electrons. The topological polar surface area (TPSA) is 124 Å². The van der Waals surface area contributed by atoms with E-state index in [4.69, 9.17) is 17.3 Å². The number of hydrogen-bond donors (Lipinski definition) is 2. The molecule has 28 heavy (non-hydrogen) atoms. The first-order chi connectivity index (χ1) is 13.2. The minimum Gasteiger partial charge on any atom is -0.478 e. The van der Waals surface area contributed by atoms with Gasteiger partial charge >= 0.3 is 11.7 Å². The number of carboxylic acids is 1. The van der Waals surface area contributed by atoms with E-state index in [1.165, 1.54) is 0 Å². The maximum absolute atomic E-state index is 13.3. The summed E-state index contributed by atoms with van der Waals surface area (Å²) in [6.07, 6.45) is 1.28. The number of anilines is 1. The molecule has 0 saturated heterocycles. The fourth-order valence-corrected chi connectivity index (χ4v) is 3.70. The van der Waals surface area contributed by atoms with Crippen molar-refractivity contribution in [2.24, 2.45) is 5.92 Å². The zero-order valence-electron chi connectivity index (χ0n) is 14.9. The Morgan fingerprint density at radius 2 is 2.00 bits per heavy atom. The number of ketones is 1. The van der Waals surface area contributed by atoms with E-state index in [9.17, 15) is 24.8 Å². The zero-order valence-corrected chi connectivity index (χ0v) is 17.3. The molecule has 7 nitrogen and oxygen atoms in total. The highest BCUT2D eigenvalue weighted by atomic mass is 79.9. The molecule has 0 aliphatic heterocycles. The Morgan fingerprint density at radius 1 is 1.36 bits per heavy atom. The van der Waals surface area contributed by atoms with Gasteiger partial charge in [0.15, 0.2) is 5.78 Å². The van der Waals surface area contributed by atoms with Crippen molar-refractivity contribution < 1.29 is 19.6 Å². The number of nitro benzene ring substituents is 1. The van der Waals surface area contributed by atoms with E-state index in [0.717, 1.165) is 6.07 Å². The molecule has 0 fully saturated rings. The number of rotatable bonds is 8. The van der Waals surface area contributed by atoms with E-state index < -0.39 is 39.4 Å². The number of nitrogens with zero attached hydrogens (tertiary/aromatic N) is 1. The van der Waals surface area contributed by atoms with E-state index >= 15 is 0 Å². The second-order valence-electron chi connectivity index (χ2n) is 6.25. The highest BCUT2D eigenvalue weighted by Gasteiger charge is 2.35. The molecule has 0 spiro atoms. The molecule has 1 unspecified atom stereocenters. The standard InChI is InChI=1S/C19H18BrClN2O5/c1-2-5-11(8-10-6-3-4-7-14(10)21)18(24)15-12(19(25)26)9-13(20)16(22)17(15)23(27)28/h3-4,6-7,9,11H,2,5,8,22H2,1H3,(H,25,26). The Hall–Kier alpha value is -2.45. The van der Waals surface area contributed by atoms with Crippen LogP contribution in [0.5, 0.6) is 0 Å². The number of carboxylic acid groups (broad SMARTS) is 1. The highest BCUT2D eigenvalue weighted by molar-refractivity contribution is 9.10. The van der Waals surface area contributed by atoms with Gasteiger partial charge in [-0.15, -0.1) is 0 Å². The lowest BCUT2D eigenvalue weighted by Gasteiger charge is -2.18. The Bertz CT molecular complexity index is 948. The van der Waals surface area contributed by atoms with Gasteiger partial charge in [0, 0.05) is 15.4 Å². The first-order valence-corrected chi connectivity index (χ1v) is 9.63. The molecular weight excluding hydrogens is 452 g/mol. The largest absolute Gasteiger partial charge is 0.478 e. The van der Waals surface area contributed by atoms with Crippen LogP contribution in [-0.2, 0) is 6.42 Å². The fraction of sp³-hybridized carbons (Fsp3) is 0.263. The van der Waals surface area contributed by atoms with Crippen molar-refractivity contribution in [2.45, 2.75) is 26.2 Å². The van der Waals surface area contributed by atoms with Gasteiger partial charge < -0.3 is 10.8 Å². The van der Waals surface area contributed by atoms with Gasteiger partial charge in [-0.25, -0.2) is 4.79 Å². The smallest absolute Gasteiger partial charge is 0.336 e. The van der Waals surface area contributed by atoms with Crippen molar-refractivity contribution >= 4 is 50.7 Å². The summed E-state index contributed by atoms with van der Waals surface area (Å²) in [5.41, 5.74) is 4.57. The molecule has 0 aliphatic rings. The Morgan fingerprint density at radius 3 is 2.54 bits per heavy atom. The number of nitrogens with two attached hydrogens (primary N) is 1. The lowest BCUT2D eigenvalue weighted by atomic mass is 9.85. The second kappa shape index (κ2) is 9.16. The predicted molar refractivity (Wildman–Crippen MR) is 110 cm³/mol. The molecule has 0 radical (unpaired) electrons. The van der Waals surface area contributed by atoms with Crippen LogP contribution in [0.3, 0.4) is 0 Å². The van der Waals surface area contributed by atoms with Crippen LogP contribution in [0.4, 0.5) is 11.4 Å². The number of Topliss-reactive ketones (excluding diaryl/α,β-unsaturated/α-hetero) is 1. The summed E-state index contributed by atoms with van der Waals surface area (Å²) in [6.45, 7) is 1.87. The number of aromatic carboxylic acids is 1. The predicted octanol–water partition coefficient (Wildman–Crippen LogP) is 5.13. The number of carbonyl (C=O) groups is 2. The van der Waals surface area contributed by atoms with Crippen molar-refractivity contribution in [3.63, 3.8) is 0 Å². The molecule has 3 N–H and O–H groups in total. The Labute approximate surface area is 174 Å². The molecule has 1 atom stereocenters. The van der Waals surface area contributed by atoms with Crippen molar-refractivity contribution in [1.29, 1.82) is 0 Å². The molecule has 0 aromatic heterocycles. The minimum absolute atomic E-state index is 0.0475. The Balaban J connectivity index is 2.64.